The molecule has 4 nitrogen and oxygen atoms in total. The number of aromatic nitrogens is 3. The summed E-state index contributed by atoms with van der Waals surface area (Å²) in [5.74, 6) is 1.65. The summed E-state index contributed by atoms with van der Waals surface area (Å²) in [6.45, 7) is 16.4. The fraction of sp³-hybridized carbons (Fsp3) is 0.931. The van der Waals surface area contributed by atoms with Gasteiger partial charge in [0.2, 0.25) is 0 Å². The highest BCUT2D eigenvalue weighted by atomic mass is 15.4. The number of nitrogens with one attached hydrogen (secondary N) is 1. The lowest BCUT2D eigenvalue weighted by molar-refractivity contribution is 0.101. The third-order valence-electron chi connectivity index (χ3n) is 8.60. The van der Waals surface area contributed by atoms with Gasteiger partial charge in [-0.3, -0.25) is 0 Å². The van der Waals surface area contributed by atoms with Crippen LogP contribution in [0.15, 0.2) is 6.20 Å². The van der Waals surface area contributed by atoms with Crippen molar-refractivity contribution in [3.8, 4) is 0 Å². The van der Waals surface area contributed by atoms with Crippen LogP contribution in [0.2, 0.25) is 0 Å². The summed E-state index contributed by atoms with van der Waals surface area (Å²) in [7, 11) is 0. The minimum absolute atomic E-state index is 0.281. The number of hydrogen-bond acceptors (Lipinski definition) is 3. The molecule has 0 aliphatic heterocycles. The highest BCUT2D eigenvalue weighted by Crippen LogP contribution is 2.51. The van der Waals surface area contributed by atoms with Gasteiger partial charge in [0.25, 0.3) is 0 Å². The van der Waals surface area contributed by atoms with Gasteiger partial charge in [-0.25, -0.2) is 4.68 Å². The van der Waals surface area contributed by atoms with Crippen LogP contribution in [0.25, 0.3) is 0 Å². The monoisotopic (exact) mass is 460 g/mol. The van der Waals surface area contributed by atoms with E-state index >= 15 is 0 Å². The number of aryl methyl sites for hydroxylation is 1. The second-order valence-electron chi connectivity index (χ2n) is 11.6. The zero-order valence-electron chi connectivity index (χ0n) is 23.1. The van der Waals surface area contributed by atoms with Crippen molar-refractivity contribution in [2.24, 2.45) is 17.3 Å². The maximum atomic E-state index is 4.59. The summed E-state index contributed by atoms with van der Waals surface area (Å²) in [6, 6.07) is 0. The molecule has 0 amide bonds. The van der Waals surface area contributed by atoms with E-state index in [9.17, 15) is 0 Å². The van der Waals surface area contributed by atoms with Crippen molar-refractivity contribution in [2.45, 2.75) is 150 Å². The van der Waals surface area contributed by atoms with Crippen LogP contribution >= 0.6 is 0 Å². The lowest BCUT2D eigenvalue weighted by Crippen LogP contribution is -2.42. The normalized spacial score (nSPS) is 18.7. The first kappa shape index (κ1) is 28.3. The van der Waals surface area contributed by atoms with E-state index in [2.05, 4.69) is 61.9 Å². The first-order valence-corrected chi connectivity index (χ1v) is 14.5. The predicted octanol–water partition coefficient (Wildman–Crippen LogP) is 7.96. The molecule has 0 aromatic carbocycles. The molecule has 4 heteroatoms. The fourth-order valence-electron chi connectivity index (χ4n) is 5.88. The Labute approximate surface area is 206 Å². The topological polar surface area (TPSA) is 42.7 Å². The number of rotatable bonds is 20. The molecule has 1 aromatic heterocycles. The zero-order valence-corrected chi connectivity index (χ0v) is 23.1. The van der Waals surface area contributed by atoms with Crippen LogP contribution in [0.3, 0.4) is 0 Å². The Hall–Kier alpha value is -0.900. The van der Waals surface area contributed by atoms with Crippen LogP contribution in [-0.4, -0.2) is 27.1 Å². The van der Waals surface area contributed by atoms with Gasteiger partial charge < -0.3 is 5.32 Å². The quantitative estimate of drug-likeness (QED) is 0.201. The van der Waals surface area contributed by atoms with Gasteiger partial charge in [-0.2, -0.15) is 0 Å². The molecule has 1 aliphatic rings. The Morgan fingerprint density at radius 3 is 2.30 bits per heavy atom. The molecule has 2 rings (SSSR count). The molecule has 0 radical (unpaired) electrons. The molecular formula is C29H56N4. The van der Waals surface area contributed by atoms with Gasteiger partial charge in [-0.05, 0) is 82.1 Å². The average molecular weight is 461 g/mol. The fourth-order valence-corrected chi connectivity index (χ4v) is 5.88. The van der Waals surface area contributed by atoms with E-state index in [1.54, 1.807) is 0 Å². The van der Waals surface area contributed by atoms with E-state index in [0.29, 0.717) is 5.41 Å². The summed E-state index contributed by atoms with van der Waals surface area (Å²) in [6.07, 6.45) is 21.7. The van der Waals surface area contributed by atoms with Crippen LogP contribution in [0, 0.1) is 17.3 Å². The summed E-state index contributed by atoms with van der Waals surface area (Å²) < 4.78 is 2.28. The lowest BCUT2D eigenvalue weighted by atomic mass is 9.68. The largest absolute Gasteiger partial charge is 0.312 e. The molecule has 1 aliphatic carbocycles. The van der Waals surface area contributed by atoms with Gasteiger partial charge in [0.1, 0.15) is 0 Å². The molecule has 1 N–H and O–H groups in total. The molecular weight excluding hydrogens is 404 g/mol. The van der Waals surface area contributed by atoms with E-state index < -0.39 is 0 Å². The third kappa shape index (κ3) is 9.34. The zero-order chi connectivity index (χ0) is 24.2. The van der Waals surface area contributed by atoms with E-state index in [-0.39, 0.29) is 5.54 Å². The Kier molecular flexibility index (Phi) is 12.4. The first-order chi connectivity index (χ1) is 15.9. The van der Waals surface area contributed by atoms with Gasteiger partial charge in [-0.1, -0.05) is 84.8 Å². The highest BCUT2D eigenvalue weighted by molar-refractivity contribution is 4.98. The first-order valence-electron chi connectivity index (χ1n) is 14.5. The molecule has 3 atom stereocenters. The number of nitrogens with zero attached hydrogens (tertiary/aromatic N) is 3. The van der Waals surface area contributed by atoms with Gasteiger partial charge in [-0.15, -0.1) is 5.10 Å². The van der Waals surface area contributed by atoms with E-state index in [1.165, 1.54) is 89.2 Å². The summed E-state index contributed by atoms with van der Waals surface area (Å²) in [4.78, 5) is 0. The van der Waals surface area contributed by atoms with Crippen molar-refractivity contribution in [1.82, 2.24) is 20.3 Å². The Morgan fingerprint density at radius 2 is 1.67 bits per heavy atom. The van der Waals surface area contributed by atoms with E-state index in [1.807, 2.05) is 6.20 Å². The highest BCUT2D eigenvalue weighted by Gasteiger charge is 2.43. The van der Waals surface area contributed by atoms with Crippen molar-refractivity contribution in [3.63, 3.8) is 0 Å². The Balaban J connectivity index is 1.99. The molecule has 192 valence electrons. The van der Waals surface area contributed by atoms with Crippen LogP contribution < -0.4 is 5.32 Å². The molecule has 1 saturated carbocycles. The summed E-state index contributed by atoms with van der Waals surface area (Å²) in [5.41, 5.74) is 2.06. The van der Waals surface area contributed by atoms with Crippen molar-refractivity contribution in [2.75, 3.05) is 6.54 Å². The SMILES string of the molecule is CCCCCCC(C)(CCCC)C(Cn1nncc1CCCNC(C)(CC)CCC)C1CC1. The van der Waals surface area contributed by atoms with Crippen molar-refractivity contribution in [1.29, 1.82) is 0 Å². The standard InChI is InChI=1S/C29H56N4/c1-7-11-13-14-21-28(5,20-12-8-2)27(25-17-18-25)24-33-26(23-31-32-33)16-15-22-30-29(6,10-4)19-9-3/h23,25,27,30H,7-22,24H2,1-6H3. The van der Waals surface area contributed by atoms with Crippen molar-refractivity contribution in [3.05, 3.63) is 11.9 Å². The summed E-state index contributed by atoms with van der Waals surface area (Å²) in [5, 5.41) is 12.8. The maximum absolute atomic E-state index is 4.59. The smallest absolute Gasteiger partial charge is 0.0725 e. The number of unbranched alkanes of at least 4 members (excludes halogenated alkanes) is 4. The molecule has 0 saturated heterocycles. The van der Waals surface area contributed by atoms with Crippen molar-refractivity contribution < 1.29 is 0 Å². The molecule has 0 bridgehead atoms. The minimum Gasteiger partial charge on any atom is -0.312 e. The maximum Gasteiger partial charge on any atom is 0.0725 e. The van der Waals surface area contributed by atoms with Gasteiger partial charge in [0, 0.05) is 12.1 Å². The molecule has 33 heavy (non-hydrogen) atoms. The second kappa shape index (κ2) is 14.5. The summed E-state index contributed by atoms with van der Waals surface area (Å²) >= 11 is 0. The average Bonchev–Trinajstić information content (AvgIpc) is 3.55. The lowest BCUT2D eigenvalue weighted by Gasteiger charge is -2.39. The Morgan fingerprint density at radius 1 is 0.939 bits per heavy atom. The third-order valence-corrected chi connectivity index (χ3v) is 8.60. The molecule has 1 heterocycles. The van der Waals surface area contributed by atoms with Gasteiger partial charge in [0.15, 0.2) is 0 Å². The number of hydrogen-bond donors (Lipinski definition) is 1. The van der Waals surface area contributed by atoms with E-state index in [4.69, 9.17) is 0 Å². The second-order valence-corrected chi connectivity index (χ2v) is 11.6. The minimum atomic E-state index is 0.281. The van der Waals surface area contributed by atoms with Crippen LogP contribution in [-0.2, 0) is 13.0 Å². The Bertz CT molecular complexity index is 637. The predicted molar refractivity (Wildman–Crippen MR) is 143 cm³/mol. The van der Waals surface area contributed by atoms with Crippen LogP contribution in [0.4, 0.5) is 0 Å². The van der Waals surface area contributed by atoms with Crippen molar-refractivity contribution >= 4 is 0 Å². The van der Waals surface area contributed by atoms with Crippen LogP contribution in [0.5, 0.6) is 0 Å². The molecule has 1 fully saturated rings. The molecule has 1 aromatic rings. The molecule has 0 spiro atoms. The van der Waals surface area contributed by atoms with E-state index in [0.717, 1.165) is 37.8 Å². The van der Waals surface area contributed by atoms with Gasteiger partial charge in [0.05, 0.1) is 11.9 Å². The molecule has 3 unspecified atom stereocenters. The van der Waals surface area contributed by atoms with Crippen LogP contribution in [0.1, 0.15) is 137 Å². The van der Waals surface area contributed by atoms with Gasteiger partial charge >= 0.3 is 0 Å².